The molecular weight excluding hydrogens is 644 g/mol. The number of nitrogens with zero attached hydrogens (tertiary/aromatic N) is 1. The molecule has 208 valence electrons. The van der Waals surface area contributed by atoms with Crippen LogP contribution >= 0.6 is 45.8 Å². The first kappa shape index (κ1) is 30.2. The summed E-state index contributed by atoms with van der Waals surface area (Å²) >= 11 is 16.1. The number of amides is 1. The molecule has 4 rings (SSSR count). The van der Waals surface area contributed by atoms with Crippen molar-refractivity contribution in [1.82, 2.24) is 4.90 Å². The van der Waals surface area contributed by atoms with Crippen molar-refractivity contribution in [2.75, 3.05) is 20.2 Å². The fourth-order valence-electron chi connectivity index (χ4n) is 6.63. The van der Waals surface area contributed by atoms with E-state index < -0.39 is 10.8 Å². The predicted octanol–water partition coefficient (Wildman–Crippen LogP) is 8.25. The summed E-state index contributed by atoms with van der Waals surface area (Å²) in [7, 11) is 1.45. The molecule has 39 heavy (non-hydrogen) atoms. The van der Waals surface area contributed by atoms with Crippen LogP contribution in [-0.2, 0) is 14.9 Å². The third kappa shape index (κ3) is 5.59. The van der Waals surface area contributed by atoms with E-state index in [4.69, 9.17) is 27.9 Å². The van der Waals surface area contributed by atoms with Crippen molar-refractivity contribution in [1.29, 1.82) is 0 Å². The molecule has 1 amide bonds. The Bertz CT molecular complexity index is 1350. The van der Waals surface area contributed by atoms with Crippen molar-refractivity contribution in [2.45, 2.75) is 71.1 Å². The minimum Gasteiger partial charge on any atom is -0.469 e. The maximum absolute atomic E-state index is 14.3. The Labute approximate surface area is 256 Å². The maximum Gasteiger partial charge on any atom is 0.311 e. The van der Waals surface area contributed by atoms with E-state index >= 15 is 0 Å². The van der Waals surface area contributed by atoms with Crippen molar-refractivity contribution in [3.05, 3.63) is 66.2 Å². The van der Waals surface area contributed by atoms with Crippen LogP contribution in [0.15, 0.2) is 30.3 Å². The van der Waals surface area contributed by atoms with Gasteiger partial charge in [0.15, 0.2) is 0 Å². The topological polar surface area (TPSA) is 46.6 Å². The van der Waals surface area contributed by atoms with E-state index in [1.807, 2.05) is 56.0 Å². The Morgan fingerprint density at radius 2 is 1.95 bits per heavy atom. The quantitative estimate of drug-likeness (QED) is 0.138. The SMILES string of the molecule is COC(=O)[C@]1(C)CCC[C@]2(C)c3cc(Cl)c(C(C)C)c(Cl)c3C(=O)N(CCCC#Cc3ccccc3I)C[C@@H]12. The molecule has 2 aliphatic rings. The molecule has 0 spiro atoms. The number of benzene rings is 2. The molecule has 0 unspecified atom stereocenters. The molecule has 1 heterocycles. The number of halogens is 3. The largest absolute Gasteiger partial charge is 0.469 e. The number of carbonyl (C=O) groups excluding carboxylic acids is 2. The van der Waals surface area contributed by atoms with Gasteiger partial charge >= 0.3 is 5.97 Å². The average molecular weight is 680 g/mol. The van der Waals surface area contributed by atoms with E-state index in [0.29, 0.717) is 41.5 Å². The number of methoxy groups -OCH3 is 1. The van der Waals surface area contributed by atoms with Gasteiger partial charge in [0.25, 0.3) is 5.91 Å². The molecule has 1 aliphatic heterocycles. The second-order valence-corrected chi connectivity index (χ2v) is 13.5. The molecule has 4 nitrogen and oxygen atoms in total. The number of esters is 1. The van der Waals surface area contributed by atoms with Crippen molar-refractivity contribution in [3.63, 3.8) is 0 Å². The van der Waals surface area contributed by atoms with E-state index in [2.05, 4.69) is 41.4 Å². The molecule has 7 heteroatoms. The molecule has 2 aromatic rings. The summed E-state index contributed by atoms with van der Waals surface area (Å²) in [5, 5.41) is 1.01. The van der Waals surface area contributed by atoms with Crippen LogP contribution in [0.1, 0.15) is 92.8 Å². The van der Waals surface area contributed by atoms with E-state index in [1.54, 1.807) is 0 Å². The van der Waals surface area contributed by atoms with Gasteiger partial charge in [-0.25, -0.2) is 0 Å². The van der Waals surface area contributed by atoms with Gasteiger partial charge < -0.3 is 9.64 Å². The van der Waals surface area contributed by atoms with Gasteiger partial charge in [0.1, 0.15) is 0 Å². The molecule has 3 atom stereocenters. The van der Waals surface area contributed by atoms with E-state index in [9.17, 15) is 9.59 Å². The Hall–Kier alpha value is -1.75. The van der Waals surface area contributed by atoms with Gasteiger partial charge in [-0.05, 0) is 89.4 Å². The Morgan fingerprint density at radius 1 is 1.23 bits per heavy atom. The normalized spacial score (nSPS) is 24.4. The molecule has 0 radical (unpaired) electrons. The number of hydrogen-bond acceptors (Lipinski definition) is 3. The van der Waals surface area contributed by atoms with Crippen LogP contribution in [-0.4, -0.2) is 37.0 Å². The fourth-order valence-corrected chi connectivity index (χ4v) is 8.13. The highest BCUT2D eigenvalue weighted by atomic mass is 127. The molecule has 0 aromatic heterocycles. The van der Waals surface area contributed by atoms with Crippen LogP contribution in [0.4, 0.5) is 0 Å². The number of fused-ring (bicyclic) bond motifs is 3. The highest BCUT2D eigenvalue weighted by Crippen LogP contribution is 2.57. The van der Waals surface area contributed by atoms with Gasteiger partial charge in [-0.1, -0.05) is 74.4 Å². The van der Waals surface area contributed by atoms with Gasteiger partial charge in [0.05, 0.1) is 23.1 Å². The minimum atomic E-state index is -0.735. The van der Waals surface area contributed by atoms with Gasteiger partial charge in [-0.15, -0.1) is 0 Å². The van der Waals surface area contributed by atoms with Crippen LogP contribution < -0.4 is 0 Å². The zero-order valence-electron chi connectivity index (χ0n) is 23.3. The van der Waals surface area contributed by atoms with E-state index in [-0.39, 0.29) is 23.7 Å². The zero-order chi connectivity index (χ0) is 28.5. The van der Waals surface area contributed by atoms with Gasteiger partial charge in [-0.2, -0.15) is 0 Å². The molecule has 0 N–H and O–H groups in total. The molecular formula is C32H36Cl2INO3. The maximum atomic E-state index is 14.3. The number of unbranched alkanes of at least 4 members (excludes halogenated alkanes) is 1. The van der Waals surface area contributed by atoms with Crippen LogP contribution in [0.3, 0.4) is 0 Å². The third-order valence-electron chi connectivity index (χ3n) is 8.76. The summed E-state index contributed by atoms with van der Waals surface area (Å²) in [4.78, 5) is 29.4. The monoisotopic (exact) mass is 679 g/mol. The summed E-state index contributed by atoms with van der Waals surface area (Å²) in [5.74, 6) is 6.12. The smallest absolute Gasteiger partial charge is 0.311 e. The number of rotatable bonds is 5. The van der Waals surface area contributed by atoms with E-state index in [1.165, 1.54) is 7.11 Å². The highest BCUT2D eigenvalue weighted by molar-refractivity contribution is 14.1. The molecule has 0 bridgehead atoms. The number of ether oxygens (including phenoxy) is 1. The Morgan fingerprint density at radius 3 is 2.62 bits per heavy atom. The van der Waals surface area contributed by atoms with Crippen molar-refractivity contribution >= 4 is 57.7 Å². The summed E-state index contributed by atoms with van der Waals surface area (Å²) in [6.07, 6.45) is 3.78. The lowest BCUT2D eigenvalue weighted by Crippen LogP contribution is -2.54. The van der Waals surface area contributed by atoms with Crippen LogP contribution in [0.5, 0.6) is 0 Å². The summed E-state index contributed by atoms with van der Waals surface area (Å²) < 4.78 is 6.45. The lowest BCUT2D eigenvalue weighted by Gasteiger charge is -2.51. The first-order valence-electron chi connectivity index (χ1n) is 13.6. The van der Waals surface area contributed by atoms with Crippen LogP contribution in [0, 0.1) is 26.7 Å². The second kappa shape index (κ2) is 12.0. The molecule has 0 saturated heterocycles. The summed E-state index contributed by atoms with van der Waals surface area (Å²) in [6.45, 7) is 9.20. The Kier molecular flexibility index (Phi) is 9.30. The standard InChI is InChI=1S/C32H36Cl2INO3/c1-20(2)26-23(33)18-22-27(28(26)34)29(37)36(17-10-6-7-12-21-13-8-9-14-24(21)35)19-25-31(22,3)15-11-16-32(25,4)30(38)39-5/h8-9,13-14,18,20,25H,6,10-11,15-17,19H2,1-5H3/t25-,31-,32-/m1/s1. The lowest BCUT2D eigenvalue weighted by molar-refractivity contribution is -0.161. The van der Waals surface area contributed by atoms with Gasteiger partial charge in [0.2, 0.25) is 0 Å². The first-order chi connectivity index (χ1) is 18.5. The van der Waals surface area contributed by atoms with Crippen LogP contribution in [0.2, 0.25) is 10.0 Å². The molecule has 1 aliphatic carbocycles. The predicted molar refractivity (Wildman–Crippen MR) is 167 cm³/mol. The fraction of sp³-hybridized carbons (Fsp3) is 0.500. The summed E-state index contributed by atoms with van der Waals surface area (Å²) in [6, 6.07) is 9.99. The minimum absolute atomic E-state index is 0.0613. The zero-order valence-corrected chi connectivity index (χ0v) is 27.0. The van der Waals surface area contributed by atoms with Gasteiger partial charge in [-0.3, -0.25) is 9.59 Å². The second-order valence-electron chi connectivity index (χ2n) is 11.5. The van der Waals surface area contributed by atoms with Gasteiger partial charge in [0, 0.05) is 39.6 Å². The Balaban J connectivity index is 1.75. The lowest BCUT2D eigenvalue weighted by atomic mass is 9.53. The van der Waals surface area contributed by atoms with E-state index in [0.717, 1.165) is 39.5 Å². The first-order valence-corrected chi connectivity index (χ1v) is 15.4. The molecule has 1 saturated carbocycles. The van der Waals surface area contributed by atoms with Crippen LogP contribution in [0.25, 0.3) is 0 Å². The van der Waals surface area contributed by atoms with Crippen molar-refractivity contribution in [2.24, 2.45) is 11.3 Å². The average Bonchev–Trinajstić information content (AvgIpc) is 2.97. The van der Waals surface area contributed by atoms with Crippen molar-refractivity contribution < 1.29 is 14.3 Å². The summed E-state index contributed by atoms with van der Waals surface area (Å²) in [5.41, 5.74) is 1.99. The third-order valence-corrected chi connectivity index (χ3v) is 10.4. The highest BCUT2D eigenvalue weighted by Gasteiger charge is 2.57. The molecule has 1 fully saturated rings. The number of hydrogen-bond donors (Lipinski definition) is 0. The number of carbonyl (C=O) groups is 2. The van der Waals surface area contributed by atoms with Crippen molar-refractivity contribution in [3.8, 4) is 11.8 Å². The molecule has 2 aromatic carbocycles.